The highest BCUT2D eigenvalue weighted by Gasteiger charge is 2.27. The van der Waals surface area contributed by atoms with E-state index in [4.69, 9.17) is 0 Å². The number of hydrogen-bond acceptors (Lipinski definition) is 8. The Morgan fingerprint density at radius 2 is 0.213 bits per heavy atom. The fourth-order valence-corrected chi connectivity index (χ4v) is 11.3. The van der Waals surface area contributed by atoms with Gasteiger partial charge in [0.1, 0.15) is 52.4 Å². The Morgan fingerprint density at radius 3 is 0.279 bits per heavy atom. The lowest BCUT2D eigenvalue weighted by Gasteiger charge is -2.27. The molecule has 0 aliphatic heterocycles. The number of halogens is 20. The summed E-state index contributed by atoms with van der Waals surface area (Å²) < 4.78 is 248. The van der Waals surface area contributed by atoms with Gasteiger partial charge < -0.3 is 79.4 Å². The van der Waals surface area contributed by atoms with Gasteiger partial charge in [-0.3, -0.25) is 0 Å². The summed E-state index contributed by atoms with van der Waals surface area (Å²) in [6.07, 6.45) is 0. The largest absolute Gasteiger partial charge is 0.889 e. The maximum absolute atomic E-state index is 12.5. The Hall–Kier alpha value is -11.1. The molecule has 12 aromatic rings. The highest BCUT2D eigenvalue weighted by Crippen LogP contribution is 2.20. The molecule has 0 spiro atoms. The SMILES string of the molecule is C[NH+](C)Cc1ccccc1.C[NH+](C)Cc1ccccc1.C[NH+](C)Cc1ccccc1.C[NH+](C)Cc1ccccc1.C[NH+](C)Cc1ccccc1.C[NH+](C)Cc1ccccc1.C[NH+](C)Cc1ccccc1.C[NH+](C)Cc1ccccc1.[O-]B([O-])c1c(F)c(F)c(F)c(F)c1F.[O-]B([O-])c1c(F)c(F)c(F)c(F)c1F.[O-]B([O-])c1c(F)c(F)c(F)c(F)c1F.[O-]B([O-])c1c(F)c(F)c(F)c(F)c1F. The predicted molar refractivity (Wildman–Crippen MR) is 470 cm³/mol. The van der Waals surface area contributed by atoms with Crippen molar-refractivity contribution >= 4 is 50.3 Å². The van der Waals surface area contributed by atoms with Gasteiger partial charge in [0.15, 0.2) is 116 Å². The van der Waals surface area contributed by atoms with Crippen molar-refractivity contribution in [3.05, 3.63) is 404 Å². The third-order valence-electron chi connectivity index (χ3n) is 17.1. The standard InChI is InChI=1S/8C9H13N.4C6BF5O2/c8*1-10(2)8-9-6-4-3-5-7-9;4*8-2-1(7(13)14)3(9)5(11)6(12)4(2)10/h8*3-7H,8H2,1-2H3;;;;/q;;;;;;;;4*-2/p+8. The highest BCUT2D eigenvalue weighted by molar-refractivity contribution is 6.56. The van der Waals surface area contributed by atoms with E-state index in [0.717, 1.165) is 52.4 Å². The molecule has 0 bridgehead atoms. The first-order valence-corrected chi connectivity index (χ1v) is 41.8. The smallest absolute Gasteiger partial charge is 0.200 e. The van der Waals surface area contributed by atoms with Crippen LogP contribution in [-0.2, 0) is 52.4 Å². The van der Waals surface area contributed by atoms with Gasteiger partial charge in [0.05, 0.1) is 113 Å². The van der Waals surface area contributed by atoms with E-state index in [1.807, 2.05) is 0 Å². The molecule has 0 amide bonds. The van der Waals surface area contributed by atoms with Crippen molar-refractivity contribution < 1.29 is 167 Å². The van der Waals surface area contributed by atoms with Crippen LogP contribution in [0.25, 0.3) is 0 Å². The number of quaternary nitrogens is 8. The van der Waals surface area contributed by atoms with Gasteiger partial charge in [-0.05, 0) is 21.9 Å². The summed E-state index contributed by atoms with van der Waals surface area (Å²) in [7, 11) is 21.5. The van der Waals surface area contributed by atoms with Crippen LogP contribution in [0.3, 0.4) is 0 Å². The average Bonchev–Trinajstić information content (AvgIpc) is 0.806. The Balaban J connectivity index is 0.000000744. The molecule has 0 saturated heterocycles. The summed E-state index contributed by atoms with van der Waals surface area (Å²) in [4.78, 5) is 11.7. The van der Waals surface area contributed by atoms with Crippen LogP contribution < -0.4 is 101 Å². The second-order valence-corrected chi connectivity index (χ2v) is 32.2. The van der Waals surface area contributed by atoms with Crippen LogP contribution in [0.2, 0.25) is 0 Å². The zero-order chi connectivity index (χ0) is 103. The predicted octanol–water partition coefficient (Wildman–Crippen LogP) is -2.16. The summed E-state index contributed by atoms with van der Waals surface area (Å²) in [5.41, 5.74) is 3.69. The van der Waals surface area contributed by atoms with Crippen LogP contribution in [0.5, 0.6) is 0 Å². The molecule has 136 heavy (non-hydrogen) atoms. The minimum atomic E-state index is -3.26. The molecule has 0 fully saturated rings. The van der Waals surface area contributed by atoms with Crippen molar-refractivity contribution in [2.45, 2.75) is 52.4 Å². The van der Waals surface area contributed by atoms with Crippen LogP contribution in [-0.4, -0.2) is 141 Å². The fraction of sp³-hybridized carbons (Fsp3) is 0.250. The fourth-order valence-electron chi connectivity index (χ4n) is 11.3. The maximum atomic E-state index is 12.5. The molecular weight excluding hydrogens is 1820 g/mol. The van der Waals surface area contributed by atoms with Crippen molar-refractivity contribution in [3.63, 3.8) is 0 Å². The Kier molecular flexibility index (Phi) is 59.2. The Bertz CT molecular complexity index is 4390. The van der Waals surface area contributed by atoms with Crippen LogP contribution in [0, 0.1) is 116 Å². The van der Waals surface area contributed by atoms with E-state index >= 15 is 0 Å². The van der Waals surface area contributed by atoms with E-state index in [9.17, 15) is 128 Å². The molecule has 0 aromatic heterocycles. The van der Waals surface area contributed by atoms with Gasteiger partial charge in [0, 0.05) is 44.5 Å². The lowest BCUT2D eigenvalue weighted by molar-refractivity contribution is -0.872. The zero-order valence-electron chi connectivity index (χ0n) is 77.9. The average molecular weight is 1930 g/mol. The molecule has 0 saturated carbocycles. The number of nitrogens with one attached hydrogen (secondary N) is 8. The molecule has 16 nitrogen and oxygen atoms in total. The summed E-state index contributed by atoms with van der Waals surface area (Å²) in [6, 6.07) is 84.3. The third-order valence-corrected chi connectivity index (χ3v) is 17.1. The monoisotopic (exact) mass is 1930 g/mol. The Morgan fingerprint density at radius 1 is 0.140 bits per heavy atom. The molecular formula is C96H112B4F20N8O8. The van der Waals surface area contributed by atoms with E-state index in [1.54, 1.807) is 0 Å². The van der Waals surface area contributed by atoms with E-state index in [0.29, 0.717) is 0 Å². The molecule has 0 unspecified atom stereocenters. The van der Waals surface area contributed by atoms with E-state index in [-0.39, 0.29) is 0 Å². The van der Waals surface area contributed by atoms with Crippen LogP contribution in [0.1, 0.15) is 44.5 Å². The minimum absolute atomic E-state index is 1.11. The van der Waals surface area contributed by atoms with Crippen molar-refractivity contribution in [3.8, 4) is 0 Å². The molecule has 736 valence electrons. The topological polar surface area (TPSA) is 220 Å². The lowest BCUT2D eigenvalue weighted by Crippen LogP contribution is -3.04. The van der Waals surface area contributed by atoms with Gasteiger partial charge in [0.2, 0.25) is 0 Å². The van der Waals surface area contributed by atoms with E-state index in [2.05, 4.69) is 355 Å². The summed E-state index contributed by atoms with van der Waals surface area (Å²) in [5, 5.41) is 80.8. The minimum Gasteiger partial charge on any atom is -0.889 e. The molecule has 40 heteroatoms. The maximum Gasteiger partial charge on any atom is 0.200 e. The lowest BCUT2D eigenvalue weighted by atomic mass is 9.79. The van der Waals surface area contributed by atoms with Gasteiger partial charge in [-0.2, -0.15) is 0 Å². The van der Waals surface area contributed by atoms with Gasteiger partial charge in [-0.25, -0.2) is 87.8 Å². The van der Waals surface area contributed by atoms with Crippen molar-refractivity contribution in [1.29, 1.82) is 0 Å². The van der Waals surface area contributed by atoms with Gasteiger partial charge >= 0.3 is 0 Å². The zero-order valence-corrected chi connectivity index (χ0v) is 77.9. The molecule has 0 heterocycles. The molecule has 0 aliphatic carbocycles. The quantitative estimate of drug-likeness (QED) is 0.0182. The van der Waals surface area contributed by atoms with Crippen molar-refractivity contribution in [2.24, 2.45) is 0 Å². The third kappa shape index (κ3) is 47.1. The van der Waals surface area contributed by atoms with Crippen molar-refractivity contribution in [1.82, 2.24) is 0 Å². The molecule has 8 N–H and O–H groups in total. The number of rotatable bonds is 20. The summed E-state index contributed by atoms with van der Waals surface area (Å²) in [5.74, 6) is -47.0. The summed E-state index contributed by atoms with van der Waals surface area (Å²) >= 11 is 0. The van der Waals surface area contributed by atoms with Crippen LogP contribution in [0.4, 0.5) is 87.8 Å². The molecule has 12 aromatic carbocycles. The molecule has 12 rings (SSSR count). The Labute approximate surface area is 782 Å². The molecule has 0 atom stereocenters. The first kappa shape index (κ1) is 123. The van der Waals surface area contributed by atoms with Gasteiger partial charge in [0.25, 0.3) is 0 Å². The van der Waals surface area contributed by atoms with Gasteiger partial charge in [-0.1, -0.05) is 271 Å². The van der Waals surface area contributed by atoms with E-state index < -0.39 is 167 Å². The van der Waals surface area contributed by atoms with Gasteiger partial charge in [-0.15, -0.1) is 0 Å². The number of hydrogen-bond donors (Lipinski definition) is 8. The highest BCUT2D eigenvalue weighted by atomic mass is 19.2. The second kappa shape index (κ2) is 65.6. The van der Waals surface area contributed by atoms with Crippen LogP contribution >= 0.6 is 0 Å². The van der Waals surface area contributed by atoms with E-state index in [1.165, 1.54) is 83.7 Å². The van der Waals surface area contributed by atoms with Crippen LogP contribution in [0.15, 0.2) is 243 Å². The molecule has 0 aliphatic rings. The first-order chi connectivity index (χ1) is 63.8. The number of benzene rings is 12. The second-order valence-electron chi connectivity index (χ2n) is 32.2. The van der Waals surface area contributed by atoms with Crippen molar-refractivity contribution in [2.75, 3.05) is 113 Å². The normalized spacial score (nSPS) is 10.4. The summed E-state index contributed by atoms with van der Waals surface area (Å²) in [6.45, 7) is 8.90. The molecule has 0 radical (unpaired) electrons. The first-order valence-electron chi connectivity index (χ1n) is 41.8.